The normalized spacial score (nSPS) is 13.7. The van der Waals surface area contributed by atoms with Crippen LogP contribution in [0.1, 0.15) is 48.5 Å². The van der Waals surface area contributed by atoms with Crippen LogP contribution in [0.15, 0.2) is 60.7 Å². The summed E-state index contributed by atoms with van der Waals surface area (Å²) in [4.78, 5) is 35.7. The monoisotopic (exact) mass is 436 g/mol. The summed E-state index contributed by atoms with van der Waals surface area (Å²) in [5, 5.41) is 5.69. The van der Waals surface area contributed by atoms with E-state index in [1.54, 1.807) is 25.1 Å². The molecular weight excluding hydrogens is 408 g/mol. The number of rotatable bonds is 8. The van der Waals surface area contributed by atoms with Crippen molar-refractivity contribution in [1.29, 1.82) is 0 Å². The fourth-order valence-corrected chi connectivity index (χ4v) is 3.47. The quantitative estimate of drug-likeness (QED) is 0.351. The number of nitrogens with one attached hydrogen (secondary N) is 2. The van der Waals surface area contributed by atoms with Crippen molar-refractivity contribution in [3.05, 3.63) is 71.8 Å². The zero-order chi connectivity index (χ0) is 22.8. The van der Waals surface area contributed by atoms with Crippen LogP contribution in [-0.2, 0) is 16.1 Å². The van der Waals surface area contributed by atoms with Gasteiger partial charge < -0.3 is 20.1 Å². The molecule has 1 fully saturated rings. The molecule has 32 heavy (non-hydrogen) atoms. The molecule has 3 rings (SSSR count). The third kappa shape index (κ3) is 7.27. The number of ether oxygens (including phenoxy) is 2. The predicted octanol–water partition coefficient (Wildman–Crippen LogP) is 4.84. The smallest absolute Gasteiger partial charge is 0.434 e. The third-order valence-corrected chi connectivity index (χ3v) is 5.17. The maximum absolute atomic E-state index is 12.3. The van der Waals surface area contributed by atoms with Gasteiger partial charge in [-0.05, 0) is 73.7 Å². The van der Waals surface area contributed by atoms with Gasteiger partial charge in [-0.3, -0.25) is 9.59 Å². The van der Waals surface area contributed by atoms with Gasteiger partial charge in [-0.2, -0.15) is 0 Å². The van der Waals surface area contributed by atoms with Crippen molar-refractivity contribution in [2.75, 3.05) is 11.9 Å². The molecular formula is C25H28N2O5. The molecule has 0 radical (unpaired) electrons. The number of hydrogen-bond donors (Lipinski definition) is 2. The summed E-state index contributed by atoms with van der Waals surface area (Å²) < 4.78 is 9.68. The van der Waals surface area contributed by atoms with Gasteiger partial charge in [-0.1, -0.05) is 31.1 Å². The lowest BCUT2D eigenvalue weighted by molar-refractivity contribution is -0.111. The highest BCUT2D eigenvalue weighted by Crippen LogP contribution is 2.25. The van der Waals surface area contributed by atoms with Crippen LogP contribution < -0.4 is 15.4 Å². The van der Waals surface area contributed by atoms with Crippen molar-refractivity contribution >= 4 is 23.7 Å². The Hall–Kier alpha value is -3.61. The number of allylic oxidation sites excluding steroid dienone is 1. The molecule has 7 heteroatoms. The molecule has 0 aromatic heterocycles. The summed E-state index contributed by atoms with van der Waals surface area (Å²) in [5.74, 6) is 0.444. The molecule has 0 spiro atoms. The molecule has 2 aromatic rings. The second-order valence-corrected chi connectivity index (χ2v) is 7.58. The van der Waals surface area contributed by atoms with Crippen molar-refractivity contribution in [1.82, 2.24) is 5.32 Å². The SMILES string of the molecule is CCOC(=O)Oc1ccc(C(=O)NCc2ccc(NC(=O)/C=C/C3CCCC3)cc2)cc1. The molecule has 1 aliphatic carbocycles. The minimum absolute atomic E-state index is 0.131. The molecule has 0 atom stereocenters. The first-order valence-corrected chi connectivity index (χ1v) is 10.8. The van der Waals surface area contributed by atoms with E-state index in [1.165, 1.54) is 25.0 Å². The summed E-state index contributed by atoms with van der Waals surface area (Å²) in [6.07, 6.45) is 7.64. The fraction of sp³-hybridized carbons (Fsp3) is 0.320. The number of carbonyl (C=O) groups is 3. The van der Waals surface area contributed by atoms with Crippen LogP contribution in [-0.4, -0.2) is 24.6 Å². The summed E-state index contributed by atoms with van der Waals surface area (Å²) >= 11 is 0. The standard InChI is InChI=1S/C25H28N2O5/c1-2-31-25(30)32-22-14-10-20(11-15-22)24(29)26-17-19-7-12-21(13-8-19)27-23(28)16-9-18-5-3-4-6-18/h7-16,18H,2-6,17H2,1H3,(H,26,29)(H,27,28)/b16-9+. The van der Waals surface area contributed by atoms with Crippen LogP contribution in [0.25, 0.3) is 0 Å². The lowest BCUT2D eigenvalue weighted by Crippen LogP contribution is -2.22. The Kier molecular flexibility index (Phi) is 8.43. The topological polar surface area (TPSA) is 93.7 Å². The largest absolute Gasteiger partial charge is 0.513 e. The van der Waals surface area contributed by atoms with Gasteiger partial charge in [0, 0.05) is 17.8 Å². The van der Waals surface area contributed by atoms with Crippen LogP contribution in [0.5, 0.6) is 5.75 Å². The molecule has 2 aromatic carbocycles. The molecule has 0 unspecified atom stereocenters. The summed E-state index contributed by atoms with van der Waals surface area (Å²) in [5.41, 5.74) is 2.05. The first-order chi connectivity index (χ1) is 15.5. The zero-order valence-corrected chi connectivity index (χ0v) is 18.1. The van der Waals surface area contributed by atoms with Gasteiger partial charge in [0.05, 0.1) is 6.61 Å². The predicted molar refractivity (Wildman–Crippen MR) is 121 cm³/mol. The average molecular weight is 437 g/mol. The Morgan fingerprint density at radius 1 is 1.00 bits per heavy atom. The van der Waals surface area contributed by atoms with E-state index in [1.807, 2.05) is 30.3 Å². The molecule has 2 amide bonds. The van der Waals surface area contributed by atoms with E-state index in [0.29, 0.717) is 29.5 Å². The van der Waals surface area contributed by atoms with Crippen molar-refractivity contribution in [3.8, 4) is 5.75 Å². The highest BCUT2D eigenvalue weighted by atomic mass is 16.7. The number of hydrogen-bond acceptors (Lipinski definition) is 5. The van der Waals surface area contributed by atoms with Gasteiger partial charge in [0.15, 0.2) is 0 Å². The van der Waals surface area contributed by atoms with Gasteiger partial charge in [-0.25, -0.2) is 4.79 Å². The summed E-state index contributed by atoms with van der Waals surface area (Å²) in [6.45, 7) is 2.26. The van der Waals surface area contributed by atoms with Gasteiger partial charge in [-0.15, -0.1) is 0 Å². The molecule has 1 saturated carbocycles. The maximum atomic E-state index is 12.3. The maximum Gasteiger partial charge on any atom is 0.513 e. The highest BCUT2D eigenvalue weighted by molar-refractivity contribution is 5.99. The number of anilines is 1. The number of carbonyl (C=O) groups excluding carboxylic acids is 3. The number of amides is 2. The van der Waals surface area contributed by atoms with Crippen LogP contribution in [0, 0.1) is 5.92 Å². The molecule has 0 bridgehead atoms. The van der Waals surface area contributed by atoms with Gasteiger partial charge in [0.1, 0.15) is 5.75 Å². The summed E-state index contributed by atoms with van der Waals surface area (Å²) in [7, 11) is 0. The van der Waals surface area contributed by atoms with Crippen molar-refractivity contribution in [2.45, 2.75) is 39.2 Å². The Labute approximate surface area is 187 Å². The Bertz CT molecular complexity index is 945. The molecule has 2 N–H and O–H groups in total. The zero-order valence-electron chi connectivity index (χ0n) is 18.1. The van der Waals surface area contributed by atoms with E-state index >= 15 is 0 Å². The summed E-state index contributed by atoms with van der Waals surface area (Å²) in [6, 6.07) is 13.5. The molecule has 1 aliphatic rings. The average Bonchev–Trinajstić information content (AvgIpc) is 3.31. The minimum Gasteiger partial charge on any atom is -0.434 e. The van der Waals surface area contributed by atoms with Gasteiger partial charge in [0.2, 0.25) is 5.91 Å². The molecule has 0 saturated heterocycles. The fourth-order valence-electron chi connectivity index (χ4n) is 3.47. The third-order valence-electron chi connectivity index (χ3n) is 5.17. The van der Waals surface area contributed by atoms with E-state index in [0.717, 1.165) is 18.4 Å². The highest BCUT2D eigenvalue weighted by Gasteiger charge is 2.12. The van der Waals surface area contributed by atoms with Crippen LogP contribution in [0.4, 0.5) is 10.5 Å². The van der Waals surface area contributed by atoms with Crippen LogP contribution in [0.2, 0.25) is 0 Å². The van der Waals surface area contributed by atoms with E-state index in [2.05, 4.69) is 10.6 Å². The second kappa shape index (κ2) is 11.7. The van der Waals surface area contributed by atoms with E-state index in [9.17, 15) is 14.4 Å². The second-order valence-electron chi connectivity index (χ2n) is 7.58. The molecule has 7 nitrogen and oxygen atoms in total. The molecule has 168 valence electrons. The van der Waals surface area contributed by atoms with Crippen LogP contribution in [0.3, 0.4) is 0 Å². The Morgan fingerprint density at radius 3 is 2.34 bits per heavy atom. The Morgan fingerprint density at radius 2 is 1.69 bits per heavy atom. The van der Waals surface area contributed by atoms with Crippen molar-refractivity contribution in [3.63, 3.8) is 0 Å². The van der Waals surface area contributed by atoms with Crippen LogP contribution >= 0.6 is 0 Å². The molecule has 0 aliphatic heterocycles. The van der Waals surface area contributed by atoms with Crippen molar-refractivity contribution < 1.29 is 23.9 Å². The van der Waals surface area contributed by atoms with E-state index in [-0.39, 0.29) is 18.4 Å². The van der Waals surface area contributed by atoms with Gasteiger partial charge >= 0.3 is 6.16 Å². The van der Waals surface area contributed by atoms with Crippen molar-refractivity contribution in [2.24, 2.45) is 5.92 Å². The van der Waals surface area contributed by atoms with E-state index in [4.69, 9.17) is 9.47 Å². The lowest BCUT2D eigenvalue weighted by atomic mass is 10.1. The van der Waals surface area contributed by atoms with E-state index < -0.39 is 6.16 Å². The number of benzene rings is 2. The van der Waals surface area contributed by atoms with Gasteiger partial charge in [0.25, 0.3) is 5.91 Å². The lowest BCUT2D eigenvalue weighted by Gasteiger charge is -2.08. The first-order valence-electron chi connectivity index (χ1n) is 10.8. The minimum atomic E-state index is -0.783. The first kappa shape index (κ1) is 23.1. The molecule has 0 heterocycles. The Balaban J connectivity index is 1.44.